The lowest BCUT2D eigenvalue weighted by molar-refractivity contribution is 0.121. The maximum atomic E-state index is 13.6. The zero-order chi connectivity index (χ0) is 11.0. The molecule has 1 aromatic carbocycles. The molecule has 3 heteroatoms. The number of benzene rings is 1. The molecule has 15 heavy (non-hydrogen) atoms. The van der Waals surface area contributed by atoms with E-state index in [1.54, 1.807) is 6.07 Å². The molecule has 3 N–H and O–H groups in total. The first-order valence-corrected chi connectivity index (χ1v) is 5.29. The first kappa shape index (κ1) is 10.6. The van der Waals surface area contributed by atoms with E-state index in [0.717, 1.165) is 18.4 Å². The molecule has 0 saturated heterocycles. The van der Waals surface area contributed by atoms with Gasteiger partial charge in [-0.3, -0.25) is 0 Å². The highest BCUT2D eigenvalue weighted by molar-refractivity contribution is 5.27. The number of aryl methyl sites for hydroxylation is 1. The predicted octanol–water partition coefficient (Wildman–Crippen LogP) is 1.90. The van der Waals surface area contributed by atoms with Gasteiger partial charge < -0.3 is 10.8 Å². The summed E-state index contributed by atoms with van der Waals surface area (Å²) >= 11 is 0. The molecule has 1 aromatic rings. The molecule has 2 atom stereocenters. The third-order valence-corrected chi connectivity index (χ3v) is 2.99. The van der Waals surface area contributed by atoms with Gasteiger partial charge in [-0.05, 0) is 37.3 Å². The van der Waals surface area contributed by atoms with Crippen LogP contribution in [0, 0.1) is 18.7 Å². The molecular weight excluding hydrogens is 193 g/mol. The van der Waals surface area contributed by atoms with Crippen LogP contribution in [0.1, 0.15) is 30.0 Å². The number of rotatable bonds is 3. The van der Waals surface area contributed by atoms with Gasteiger partial charge in [0.15, 0.2) is 0 Å². The Bertz CT molecular complexity index is 363. The maximum absolute atomic E-state index is 13.6. The lowest BCUT2D eigenvalue weighted by Gasteiger charge is -2.19. The third-order valence-electron chi connectivity index (χ3n) is 2.99. The predicted molar refractivity (Wildman–Crippen MR) is 56.8 cm³/mol. The molecule has 2 rings (SSSR count). The van der Waals surface area contributed by atoms with Crippen LogP contribution in [-0.4, -0.2) is 11.2 Å². The largest absolute Gasteiger partial charge is 0.391 e. The lowest BCUT2D eigenvalue weighted by Crippen LogP contribution is -2.28. The van der Waals surface area contributed by atoms with Crippen molar-refractivity contribution >= 4 is 0 Å². The van der Waals surface area contributed by atoms with E-state index in [9.17, 15) is 9.50 Å². The Morgan fingerprint density at radius 2 is 2.13 bits per heavy atom. The van der Waals surface area contributed by atoms with Gasteiger partial charge in [0, 0.05) is 5.56 Å². The third kappa shape index (κ3) is 2.19. The van der Waals surface area contributed by atoms with Crippen LogP contribution in [0.3, 0.4) is 0 Å². The zero-order valence-corrected chi connectivity index (χ0v) is 8.78. The first-order chi connectivity index (χ1) is 7.09. The van der Waals surface area contributed by atoms with Gasteiger partial charge in [0.05, 0.1) is 12.1 Å². The summed E-state index contributed by atoms with van der Waals surface area (Å²) in [5.41, 5.74) is 7.12. The maximum Gasteiger partial charge on any atom is 0.128 e. The van der Waals surface area contributed by atoms with Gasteiger partial charge in [-0.15, -0.1) is 0 Å². The van der Waals surface area contributed by atoms with Crippen molar-refractivity contribution in [2.75, 3.05) is 0 Å². The van der Waals surface area contributed by atoms with E-state index in [1.165, 1.54) is 6.07 Å². The lowest BCUT2D eigenvalue weighted by atomic mass is 9.98. The van der Waals surface area contributed by atoms with Crippen molar-refractivity contribution in [2.45, 2.75) is 31.9 Å². The molecule has 0 heterocycles. The van der Waals surface area contributed by atoms with Crippen molar-refractivity contribution in [3.05, 3.63) is 35.1 Å². The number of aliphatic hydroxyl groups is 1. The van der Waals surface area contributed by atoms with E-state index in [2.05, 4.69) is 0 Å². The SMILES string of the molecule is Cc1ccc([C@H](N)[C@H](O)C2CC2)c(F)c1. The number of halogens is 1. The second kappa shape index (κ2) is 3.91. The number of nitrogens with two attached hydrogens (primary N) is 1. The average Bonchev–Trinajstić information content (AvgIpc) is 2.99. The molecule has 0 aromatic heterocycles. The normalized spacial score (nSPS) is 20.0. The number of hydrogen-bond donors (Lipinski definition) is 2. The van der Waals surface area contributed by atoms with Crippen molar-refractivity contribution in [3.63, 3.8) is 0 Å². The standard InChI is InChI=1S/C12H16FNO/c1-7-2-5-9(10(13)6-7)11(14)12(15)8-3-4-8/h2,5-6,8,11-12,15H,3-4,14H2,1H3/t11-,12+/m0/s1. The van der Waals surface area contributed by atoms with Crippen LogP contribution >= 0.6 is 0 Å². The summed E-state index contributed by atoms with van der Waals surface area (Å²) in [6.07, 6.45) is 1.40. The van der Waals surface area contributed by atoms with E-state index in [4.69, 9.17) is 5.73 Å². The van der Waals surface area contributed by atoms with Crippen LogP contribution < -0.4 is 5.73 Å². The van der Waals surface area contributed by atoms with Crippen LogP contribution in [0.2, 0.25) is 0 Å². The summed E-state index contributed by atoms with van der Waals surface area (Å²) in [5.74, 6) is -0.0529. The molecule has 0 radical (unpaired) electrons. The summed E-state index contributed by atoms with van der Waals surface area (Å²) in [6, 6.07) is 4.34. The quantitative estimate of drug-likeness (QED) is 0.798. The summed E-state index contributed by atoms with van der Waals surface area (Å²) in [5, 5.41) is 9.81. The highest BCUT2D eigenvalue weighted by Gasteiger charge is 2.35. The second-order valence-electron chi connectivity index (χ2n) is 4.38. The monoisotopic (exact) mass is 209 g/mol. The first-order valence-electron chi connectivity index (χ1n) is 5.29. The molecule has 0 amide bonds. The van der Waals surface area contributed by atoms with Gasteiger partial charge in [0.25, 0.3) is 0 Å². The van der Waals surface area contributed by atoms with E-state index in [-0.39, 0.29) is 11.7 Å². The van der Waals surface area contributed by atoms with Gasteiger partial charge in [-0.25, -0.2) is 4.39 Å². The van der Waals surface area contributed by atoms with Crippen LogP contribution in [-0.2, 0) is 0 Å². The fraction of sp³-hybridized carbons (Fsp3) is 0.500. The van der Waals surface area contributed by atoms with E-state index in [0.29, 0.717) is 5.56 Å². The molecule has 0 unspecified atom stereocenters. The van der Waals surface area contributed by atoms with Crippen molar-refractivity contribution in [1.82, 2.24) is 0 Å². The molecule has 0 bridgehead atoms. The van der Waals surface area contributed by atoms with Gasteiger partial charge >= 0.3 is 0 Å². The Morgan fingerprint density at radius 3 is 2.67 bits per heavy atom. The van der Waals surface area contributed by atoms with E-state index < -0.39 is 12.1 Å². The minimum absolute atomic E-state index is 0.265. The molecule has 82 valence electrons. The number of hydrogen-bond acceptors (Lipinski definition) is 2. The van der Waals surface area contributed by atoms with Crippen LogP contribution in [0.15, 0.2) is 18.2 Å². The highest BCUT2D eigenvalue weighted by Crippen LogP contribution is 2.37. The van der Waals surface area contributed by atoms with Gasteiger partial charge in [0.2, 0.25) is 0 Å². The van der Waals surface area contributed by atoms with E-state index in [1.807, 2.05) is 13.0 Å². The van der Waals surface area contributed by atoms with Crippen molar-refractivity contribution in [1.29, 1.82) is 0 Å². The summed E-state index contributed by atoms with van der Waals surface area (Å²) in [6.45, 7) is 1.83. The van der Waals surface area contributed by atoms with E-state index >= 15 is 0 Å². The van der Waals surface area contributed by atoms with Gasteiger partial charge in [-0.2, -0.15) is 0 Å². The van der Waals surface area contributed by atoms with Crippen LogP contribution in [0.25, 0.3) is 0 Å². The van der Waals surface area contributed by atoms with Gasteiger partial charge in [0.1, 0.15) is 5.82 Å². The average molecular weight is 209 g/mol. The fourth-order valence-electron chi connectivity index (χ4n) is 1.82. The molecular formula is C12H16FNO. The Kier molecular flexibility index (Phi) is 2.76. The molecule has 0 spiro atoms. The molecule has 1 aliphatic carbocycles. The summed E-state index contributed by atoms with van der Waals surface area (Å²) < 4.78 is 13.6. The minimum atomic E-state index is -0.609. The Balaban J connectivity index is 2.20. The van der Waals surface area contributed by atoms with Gasteiger partial charge in [-0.1, -0.05) is 12.1 Å². The van der Waals surface area contributed by atoms with Crippen molar-refractivity contribution < 1.29 is 9.50 Å². The second-order valence-corrected chi connectivity index (χ2v) is 4.38. The molecule has 1 aliphatic rings. The fourth-order valence-corrected chi connectivity index (χ4v) is 1.82. The summed E-state index contributed by atoms with van der Waals surface area (Å²) in [7, 11) is 0. The topological polar surface area (TPSA) is 46.2 Å². The Hall–Kier alpha value is -0.930. The Morgan fingerprint density at radius 1 is 1.47 bits per heavy atom. The van der Waals surface area contributed by atoms with Crippen molar-refractivity contribution in [2.24, 2.45) is 11.7 Å². The molecule has 2 nitrogen and oxygen atoms in total. The smallest absolute Gasteiger partial charge is 0.128 e. The summed E-state index contributed by atoms with van der Waals surface area (Å²) in [4.78, 5) is 0. The minimum Gasteiger partial charge on any atom is -0.391 e. The zero-order valence-electron chi connectivity index (χ0n) is 8.78. The highest BCUT2D eigenvalue weighted by atomic mass is 19.1. The number of aliphatic hydroxyl groups excluding tert-OH is 1. The molecule has 1 saturated carbocycles. The van der Waals surface area contributed by atoms with Crippen LogP contribution in [0.5, 0.6) is 0 Å². The molecule has 1 fully saturated rings. The van der Waals surface area contributed by atoms with Crippen molar-refractivity contribution in [3.8, 4) is 0 Å². The molecule has 0 aliphatic heterocycles. The Labute approximate surface area is 88.9 Å². The van der Waals surface area contributed by atoms with Crippen LogP contribution in [0.4, 0.5) is 4.39 Å².